The van der Waals surface area contributed by atoms with E-state index in [1.54, 1.807) is 31.4 Å². The largest absolute Gasteiger partial charge is 0.497 e. The topological polar surface area (TPSA) is 59.9 Å². The molecule has 0 aromatic heterocycles. The molecule has 0 heterocycles. The molecule has 0 radical (unpaired) electrons. The van der Waals surface area contributed by atoms with Crippen LogP contribution < -0.4 is 14.9 Å². The molecule has 1 amide bonds. The molecule has 130 valence electrons. The van der Waals surface area contributed by atoms with E-state index in [2.05, 4.69) is 10.5 Å². The van der Waals surface area contributed by atoms with Gasteiger partial charge in [0.1, 0.15) is 11.5 Å². The second kappa shape index (κ2) is 9.27. The highest BCUT2D eigenvalue weighted by Crippen LogP contribution is 2.13. The second-order valence-corrected chi connectivity index (χ2v) is 5.26. The number of methoxy groups -OCH3 is 1. The van der Waals surface area contributed by atoms with Crippen LogP contribution in [-0.4, -0.2) is 25.3 Å². The van der Waals surface area contributed by atoms with Crippen LogP contribution in [0.15, 0.2) is 59.7 Å². The summed E-state index contributed by atoms with van der Waals surface area (Å²) in [6.45, 7) is 4.33. The maximum absolute atomic E-state index is 12.1. The van der Waals surface area contributed by atoms with Gasteiger partial charge in [-0.05, 0) is 61.9 Å². The lowest BCUT2D eigenvalue weighted by atomic mass is 10.2. The standard InChI is InChI=1S/C20H22N2O3/c1-4-25-19-13-9-17(10-14-19)20(23)22-21-15(2)5-6-16-7-11-18(24-3)12-8-16/h5-14H,4H2,1-3H3,(H,22,23)/b6-5+,21-15-. The Balaban J connectivity index is 1.92. The highest BCUT2D eigenvalue weighted by atomic mass is 16.5. The SMILES string of the molecule is CCOc1ccc(C(=O)N/N=C(C)\C=C\c2ccc(OC)cc2)cc1. The molecule has 0 unspecified atom stereocenters. The average molecular weight is 338 g/mol. The van der Waals surface area contributed by atoms with E-state index < -0.39 is 0 Å². The number of nitrogens with zero attached hydrogens (tertiary/aromatic N) is 1. The molecule has 2 aromatic rings. The Bertz CT molecular complexity index is 748. The molecule has 5 nitrogen and oxygen atoms in total. The number of hydrogen-bond donors (Lipinski definition) is 1. The molecule has 0 saturated heterocycles. The van der Waals surface area contributed by atoms with Crippen molar-refractivity contribution in [2.75, 3.05) is 13.7 Å². The smallest absolute Gasteiger partial charge is 0.271 e. The number of rotatable bonds is 7. The summed E-state index contributed by atoms with van der Waals surface area (Å²) in [7, 11) is 1.63. The van der Waals surface area contributed by atoms with E-state index in [1.165, 1.54) is 0 Å². The molecule has 0 aliphatic heterocycles. The Morgan fingerprint density at radius 1 is 1.08 bits per heavy atom. The van der Waals surface area contributed by atoms with Crippen molar-refractivity contribution in [1.82, 2.24) is 5.43 Å². The van der Waals surface area contributed by atoms with Crippen molar-refractivity contribution in [2.45, 2.75) is 13.8 Å². The molecule has 1 N–H and O–H groups in total. The van der Waals surface area contributed by atoms with E-state index in [9.17, 15) is 4.79 Å². The first-order valence-corrected chi connectivity index (χ1v) is 8.02. The first-order chi connectivity index (χ1) is 12.1. The highest BCUT2D eigenvalue weighted by Gasteiger charge is 2.04. The van der Waals surface area contributed by atoms with Crippen molar-refractivity contribution in [3.8, 4) is 11.5 Å². The van der Waals surface area contributed by atoms with Crippen molar-refractivity contribution < 1.29 is 14.3 Å². The quantitative estimate of drug-likeness (QED) is 0.615. The van der Waals surface area contributed by atoms with Gasteiger partial charge in [-0.15, -0.1) is 0 Å². The Morgan fingerprint density at radius 2 is 1.72 bits per heavy atom. The van der Waals surface area contributed by atoms with Gasteiger partial charge in [-0.2, -0.15) is 5.10 Å². The highest BCUT2D eigenvalue weighted by molar-refractivity contribution is 5.99. The molecule has 0 fully saturated rings. The summed E-state index contributed by atoms with van der Waals surface area (Å²) in [5.41, 5.74) is 4.78. The number of hydrogen-bond acceptors (Lipinski definition) is 4. The van der Waals surface area contributed by atoms with Crippen molar-refractivity contribution in [2.24, 2.45) is 5.10 Å². The minimum absolute atomic E-state index is 0.264. The summed E-state index contributed by atoms with van der Waals surface area (Å²) < 4.78 is 10.5. The number of carbonyl (C=O) groups excluding carboxylic acids is 1. The van der Waals surface area contributed by atoms with Gasteiger partial charge in [-0.1, -0.05) is 18.2 Å². The van der Waals surface area contributed by atoms with Gasteiger partial charge in [0.05, 0.1) is 19.4 Å². The summed E-state index contributed by atoms with van der Waals surface area (Å²) in [5.74, 6) is 1.28. The van der Waals surface area contributed by atoms with Crippen LogP contribution in [0.1, 0.15) is 29.8 Å². The van der Waals surface area contributed by atoms with E-state index in [1.807, 2.05) is 50.3 Å². The molecular weight excluding hydrogens is 316 g/mol. The van der Waals surface area contributed by atoms with Crippen molar-refractivity contribution in [3.63, 3.8) is 0 Å². The molecule has 0 spiro atoms. The van der Waals surface area contributed by atoms with Crippen LogP contribution in [0, 0.1) is 0 Å². The molecule has 0 aliphatic rings. The molecular formula is C20H22N2O3. The van der Waals surface area contributed by atoms with Crippen molar-refractivity contribution in [1.29, 1.82) is 0 Å². The number of amides is 1. The zero-order valence-electron chi connectivity index (χ0n) is 14.7. The van der Waals surface area contributed by atoms with Crippen molar-refractivity contribution in [3.05, 3.63) is 65.7 Å². The van der Waals surface area contributed by atoms with Gasteiger partial charge in [-0.3, -0.25) is 4.79 Å². The minimum atomic E-state index is -0.264. The molecule has 0 atom stereocenters. The molecule has 0 saturated carbocycles. The number of ether oxygens (including phenoxy) is 2. The molecule has 0 aliphatic carbocycles. The lowest BCUT2D eigenvalue weighted by Crippen LogP contribution is -2.18. The fourth-order valence-corrected chi connectivity index (χ4v) is 2.04. The summed E-state index contributed by atoms with van der Waals surface area (Å²) in [5, 5.41) is 4.08. The predicted molar refractivity (Wildman–Crippen MR) is 100 cm³/mol. The second-order valence-electron chi connectivity index (χ2n) is 5.26. The minimum Gasteiger partial charge on any atom is -0.497 e. The number of hydrazone groups is 1. The van der Waals surface area contributed by atoms with Gasteiger partial charge in [0, 0.05) is 5.56 Å². The maximum atomic E-state index is 12.1. The summed E-state index contributed by atoms with van der Waals surface area (Å²) in [4.78, 5) is 12.1. The van der Waals surface area contributed by atoms with Crippen LogP contribution in [0.5, 0.6) is 11.5 Å². The van der Waals surface area contributed by atoms with Gasteiger partial charge in [-0.25, -0.2) is 5.43 Å². The lowest BCUT2D eigenvalue weighted by molar-refractivity contribution is 0.0955. The maximum Gasteiger partial charge on any atom is 0.271 e. The third-order valence-corrected chi connectivity index (χ3v) is 3.39. The Morgan fingerprint density at radius 3 is 2.32 bits per heavy atom. The van der Waals surface area contributed by atoms with E-state index in [4.69, 9.17) is 9.47 Å². The number of allylic oxidation sites excluding steroid dienone is 1. The molecule has 25 heavy (non-hydrogen) atoms. The molecule has 2 rings (SSSR count). The average Bonchev–Trinajstić information content (AvgIpc) is 2.65. The number of benzene rings is 2. The summed E-state index contributed by atoms with van der Waals surface area (Å²) in [6.07, 6.45) is 3.75. The molecule has 2 aromatic carbocycles. The summed E-state index contributed by atoms with van der Waals surface area (Å²) in [6, 6.07) is 14.6. The fraction of sp³-hybridized carbons (Fsp3) is 0.200. The first kappa shape index (κ1) is 18.3. The van der Waals surface area contributed by atoms with Crippen LogP contribution in [0.2, 0.25) is 0 Å². The van der Waals surface area contributed by atoms with Crippen LogP contribution in [0.4, 0.5) is 0 Å². The van der Waals surface area contributed by atoms with Gasteiger partial charge in [0.15, 0.2) is 0 Å². The number of carbonyl (C=O) groups is 1. The van der Waals surface area contributed by atoms with Crippen LogP contribution >= 0.6 is 0 Å². The van der Waals surface area contributed by atoms with Gasteiger partial charge < -0.3 is 9.47 Å². The van der Waals surface area contributed by atoms with E-state index >= 15 is 0 Å². The normalized spacial score (nSPS) is 11.4. The molecule has 0 bridgehead atoms. The van der Waals surface area contributed by atoms with E-state index in [0.29, 0.717) is 17.9 Å². The predicted octanol–water partition coefficient (Wildman–Crippen LogP) is 3.91. The third-order valence-electron chi connectivity index (χ3n) is 3.39. The van der Waals surface area contributed by atoms with Gasteiger partial charge in [0.25, 0.3) is 5.91 Å². The fourth-order valence-electron chi connectivity index (χ4n) is 2.04. The Kier molecular flexibility index (Phi) is 6.77. The van der Waals surface area contributed by atoms with Crippen LogP contribution in [-0.2, 0) is 0 Å². The zero-order chi connectivity index (χ0) is 18.1. The van der Waals surface area contributed by atoms with Crippen LogP contribution in [0.25, 0.3) is 6.08 Å². The Labute approximate surface area is 148 Å². The monoisotopic (exact) mass is 338 g/mol. The summed E-state index contributed by atoms with van der Waals surface area (Å²) >= 11 is 0. The first-order valence-electron chi connectivity index (χ1n) is 8.02. The van der Waals surface area contributed by atoms with E-state index in [-0.39, 0.29) is 5.91 Å². The van der Waals surface area contributed by atoms with E-state index in [0.717, 1.165) is 17.1 Å². The van der Waals surface area contributed by atoms with Crippen molar-refractivity contribution >= 4 is 17.7 Å². The molecule has 5 heteroatoms. The zero-order valence-corrected chi connectivity index (χ0v) is 14.7. The Hall–Kier alpha value is -3.08. The lowest BCUT2D eigenvalue weighted by Gasteiger charge is -2.04. The number of nitrogens with one attached hydrogen (secondary N) is 1. The van der Waals surface area contributed by atoms with Gasteiger partial charge in [0.2, 0.25) is 0 Å². The van der Waals surface area contributed by atoms with Crippen LogP contribution in [0.3, 0.4) is 0 Å². The van der Waals surface area contributed by atoms with Gasteiger partial charge >= 0.3 is 0 Å². The third kappa shape index (κ3) is 5.80.